The summed E-state index contributed by atoms with van der Waals surface area (Å²) in [7, 11) is 0. The van der Waals surface area contributed by atoms with Crippen LogP contribution in [0.2, 0.25) is 0 Å². The first-order valence-corrected chi connectivity index (χ1v) is 9.11. The molecule has 3 aromatic rings. The number of fused-ring (bicyclic) bond motifs is 1. The third-order valence-electron chi connectivity index (χ3n) is 3.74. The first-order valence-electron chi connectivity index (χ1n) is 8.12. The lowest BCUT2D eigenvalue weighted by Gasteiger charge is -2.11. The molecule has 1 aromatic heterocycles. The Hall–Kier alpha value is -2.94. The van der Waals surface area contributed by atoms with E-state index in [0.29, 0.717) is 16.6 Å². The lowest BCUT2D eigenvalue weighted by molar-refractivity contribution is -0.145. The number of carbonyl (C=O) groups excluding carboxylic acids is 2. The molecule has 1 amide bonds. The monoisotopic (exact) mass is 405 g/mol. The average Bonchev–Trinajstić information content (AvgIpc) is 2.65. The van der Waals surface area contributed by atoms with Crippen molar-refractivity contribution in [3.8, 4) is 0 Å². The highest BCUT2D eigenvalue weighted by Crippen LogP contribution is 2.32. The van der Waals surface area contributed by atoms with Crippen molar-refractivity contribution in [2.45, 2.75) is 18.1 Å². The van der Waals surface area contributed by atoms with Gasteiger partial charge in [0.05, 0.1) is 17.0 Å². The fourth-order valence-corrected chi connectivity index (χ4v) is 3.32. The number of alkyl halides is 3. The normalized spacial score (nSPS) is 11.4. The van der Waals surface area contributed by atoms with E-state index in [2.05, 4.69) is 15.3 Å². The van der Waals surface area contributed by atoms with E-state index in [-0.39, 0.29) is 22.1 Å². The first-order chi connectivity index (χ1) is 13.3. The number of anilines is 1. The maximum Gasteiger partial charge on any atom is 0.451 e. The molecule has 0 aliphatic heterocycles. The molecule has 1 N–H and O–H groups in total. The summed E-state index contributed by atoms with van der Waals surface area (Å²) < 4.78 is 39.2. The van der Waals surface area contributed by atoms with E-state index in [0.717, 1.165) is 11.8 Å². The maximum absolute atomic E-state index is 13.1. The van der Waals surface area contributed by atoms with Crippen molar-refractivity contribution in [3.63, 3.8) is 0 Å². The maximum atomic E-state index is 13.1. The fraction of sp³-hybridized carbons (Fsp3) is 0.158. The van der Waals surface area contributed by atoms with Gasteiger partial charge in [-0.05, 0) is 25.1 Å². The number of aromatic nitrogens is 2. The number of rotatable bonds is 5. The van der Waals surface area contributed by atoms with Crippen molar-refractivity contribution in [3.05, 3.63) is 59.9 Å². The van der Waals surface area contributed by atoms with Gasteiger partial charge in [0.25, 0.3) is 0 Å². The van der Waals surface area contributed by atoms with Crippen LogP contribution in [-0.2, 0) is 11.0 Å². The van der Waals surface area contributed by atoms with Crippen molar-refractivity contribution in [1.82, 2.24) is 9.97 Å². The molecule has 0 saturated heterocycles. The number of para-hydroxylation sites is 2. The van der Waals surface area contributed by atoms with Crippen molar-refractivity contribution >= 4 is 40.0 Å². The van der Waals surface area contributed by atoms with E-state index in [1.165, 1.54) is 13.0 Å². The Morgan fingerprint density at radius 1 is 1.04 bits per heavy atom. The molecule has 28 heavy (non-hydrogen) atoms. The van der Waals surface area contributed by atoms with Gasteiger partial charge in [0.2, 0.25) is 11.7 Å². The molecule has 0 fully saturated rings. The molecule has 0 atom stereocenters. The second-order valence-electron chi connectivity index (χ2n) is 5.81. The molecule has 0 spiro atoms. The predicted octanol–water partition coefficient (Wildman–Crippen LogP) is 4.58. The van der Waals surface area contributed by atoms with Gasteiger partial charge in [-0.25, -0.2) is 9.97 Å². The molecule has 0 bridgehead atoms. The summed E-state index contributed by atoms with van der Waals surface area (Å²) in [6, 6.07) is 12.8. The van der Waals surface area contributed by atoms with Gasteiger partial charge in [-0.1, -0.05) is 42.1 Å². The van der Waals surface area contributed by atoms with Crippen molar-refractivity contribution in [2.24, 2.45) is 0 Å². The number of hydrogen-bond donors (Lipinski definition) is 1. The molecule has 0 radical (unpaired) electrons. The summed E-state index contributed by atoms with van der Waals surface area (Å²) in [4.78, 5) is 31.0. The number of thioether (sulfide) groups is 1. The van der Waals surface area contributed by atoms with Gasteiger partial charge in [0.15, 0.2) is 5.78 Å². The van der Waals surface area contributed by atoms with E-state index in [9.17, 15) is 22.8 Å². The van der Waals surface area contributed by atoms with Crippen LogP contribution in [0.1, 0.15) is 23.1 Å². The summed E-state index contributed by atoms with van der Waals surface area (Å²) >= 11 is 0.874. The number of carbonyl (C=O) groups is 2. The number of Topliss-reactive ketones (excluding diaryl/α,β-unsaturated/α-hetero) is 1. The fourth-order valence-electron chi connectivity index (χ4n) is 2.50. The second-order valence-corrected chi connectivity index (χ2v) is 6.77. The summed E-state index contributed by atoms with van der Waals surface area (Å²) in [5, 5.41) is 3.10. The average molecular weight is 405 g/mol. The molecule has 0 saturated carbocycles. The highest BCUT2D eigenvalue weighted by molar-refractivity contribution is 8.00. The van der Waals surface area contributed by atoms with Crippen LogP contribution in [0.4, 0.5) is 18.9 Å². The number of ketones is 1. The zero-order chi connectivity index (χ0) is 20.3. The van der Waals surface area contributed by atoms with Crippen LogP contribution in [0.15, 0.2) is 53.6 Å². The lowest BCUT2D eigenvalue weighted by Crippen LogP contribution is -2.17. The third-order valence-corrected chi connectivity index (χ3v) is 4.73. The van der Waals surface area contributed by atoms with E-state index >= 15 is 0 Å². The van der Waals surface area contributed by atoms with E-state index in [4.69, 9.17) is 0 Å². The van der Waals surface area contributed by atoms with Crippen LogP contribution in [0, 0.1) is 0 Å². The lowest BCUT2D eigenvalue weighted by atomic mass is 10.1. The molecule has 5 nitrogen and oxygen atoms in total. The van der Waals surface area contributed by atoms with E-state index in [1.807, 2.05) is 0 Å². The molecular formula is C19H14F3N3O2S. The Labute approximate surface area is 162 Å². The van der Waals surface area contributed by atoms with Crippen LogP contribution >= 0.6 is 11.8 Å². The molecule has 0 aliphatic rings. The van der Waals surface area contributed by atoms with Gasteiger partial charge in [-0.3, -0.25) is 9.59 Å². The minimum Gasteiger partial charge on any atom is -0.325 e. The number of hydrogen-bond acceptors (Lipinski definition) is 5. The van der Waals surface area contributed by atoms with Crippen LogP contribution in [0.25, 0.3) is 10.9 Å². The molecule has 144 valence electrons. The first kappa shape index (κ1) is 19.8. The predicted molar refractivity (Wildman–Crippen MR) is 100 cm³/mol. The Kier molecular flexibility index (Phi) is 5.64. The Bertz CT molecular complexity index is 1050. The second kappa shape index (κ2) is 7.97. The minimum absolute atomic E-state index is 0.0629. The van der Waals surface area contributed by atoms with Crippen LogP contribution in [-0.4, -0.2) is 27.4 Å². The SMILES string of the molecule is CC(=O)c1ccccc1NC(=O)CSc1nc(C(F)(F)F)nc2ccccc12. The number of benzene rings is 2. The molecule has 2 aromatic carbocycles. The Morgan fingerprint density at radius 2 is 1.71 bits per heavy atom. The highest BCUT2D eigenvalue weighted by atomic mass is 32.2. The van der Waals surface area contributed by atoms with Crippen LogP contribution in [0.5, 0.6) is 0 Å². The summed E-state index contributed by atoms with van der Waals surface area (Å²) in [5.74, 6) is -2.10. The highest BCUT2D eigenvalue weighted by Gasteiger charge is 2.35. The quantitative estimate of drug-likeness (QED) is 0.382. The van der Waals surface area contributed by atoms with Crippen molar-refractivity contribution in [1.29, 1.82) is 0 Å². The minimum atomic E-state index is -4.69. The van der Waals surface area contributed by atoms with Crippen molar-refractivity contribution < 1.29 is 22.8 Å². The van der Waals surface area contributed by atoms with Gasteiger partial charge in [-0.15, -0.1) is 0 Å². The third kappa shape index (κ3) is 4.48. The molecule has 3 rings (SSSR count). The molecule has 0 aliphatic carbocycles. The molecule has 1 heterocycles. The zero-order valence-electron chi connectivity index (χ0n) is 14.6. The van der Waals surface area contributed by atoms with Gasteiger partial charge < -0.3 is 5.32 Å². The van der Waals surface area contributed by atoms with E-state index in [1.54, 1.807) is 42.5 Å². The van der Waals surface area contributed by atoms with E-state index < -0.39 is 17.9 Å². The summed E-state index contributed by atoms with van der Waals surface area (Å²) in [5.41, 5.74) is 0.853. The van der Waals surface area contributed by atoms with Crippen LogP contribution in [0.3, 0.4) is 0 Å². The molecular weight excluding hydrogens is 391 g/mol. The standard InChI is InChI=1S/C19H14F3N3O2S/c1-11(26)12-6-2-4-8-14(12)23-16(27)10-28-17-13-7-3-5-9-15(13)24-18(25-17)19(20,21)22/h2-9H,10H2,1H3,(H,23,27). The van der Waals surface area contributed by atoms with Gasteiger partial charge >= 0.3 is 6.18 Å². The topological polar surface area (TPSA) is 72.0 Å². The van der Waals surface area contributed by atoms with Gasteiger partial charge in [0.1, 0.15) is 5.03 Å². The Balaban J connectivity index is 1.82. The zero-order valence-corrected chi connectivity index (χ0v) is 15.4. The van der Waals surface area contributed by atoms with Crippen molar-refractivity contribution in [2.75, 3.05) is 11.1 Å². The number of amides is 1. The number of halogens is 3. The summed E-state index contributed by atoms with van der Waals surface area (Å²) in [6.45, 7) is 1.38. The number of nitrogens with zero attached hydrogens (tertiary/aromatic N) is 2. The molecule has 0 unspecified atom stereocenters. The smallest absolute Gasteiger partial charge is 0.325 e. The number of nitrogens with one attached hydrogen (secondary N) is 1. The van der Waals surface area contributed by atoms with Crippen LogP contribution < -0.4 is 5.32 Å². The molecule has 9 heteroatoms. The largest absolute Gasteiger partial charge is 0.451 e. The van der Waals surface area contributed by atoms with Gasteiger partial charge in [0, 0.05) is 10.9 Å². The summed E-state index contributed by atoms with van der Waals surface area (Å²) in [6.07, 6.45) is -4.69. The van der Waals surface area contributed by atoms with Gasteiger partial charge in [-0.2, -0.15) is 13.2 Å². The Morgan fingerprint density at radius 3 is 2.43 bits per heavy atom.